The standard InChI is InChI=1S/C31H40N6O7/c1-15(2)25-29(42)36-26(17-10-11-17)30(43)33-21(13-19-16(3)32-20-8-5-4-7-18(19)20)27(40)34-22(14-24(38)39)31(44)37-12-6-9-23(37)28(41)35-25/h4-5,7-8,15,17,21-23,25-26,32H,6,9-14H2,1-3H3,(H,33,43)(H,34,40)(H,35,41)(H,36,42)(H,38,39)/t21-,22+,23-,25-,26+/m0/s1. The van der Waals surface area contributed by atoms with E-state index in [0.717, 1.165) is 22.2 Å². The lowest BCUT2D eigenvalue weighted by Gasteiger charge is -2.30. The van der Waals surface area contributed by atoms with Gasteiger partial charge in [-0.15, -0.1) is 0 Å². The molecule has 3 heterocycles. The highest BCUT2D eigenvalue weighted by Gasteiger charge is 2.43. The Morgan fingerprint density at radius 2 is 1.61 bits per heavy atom. The molecule has 3 fully saturated rings. The lowest BCUT2D eigenvalue weighted by Crippen LogP contribution is -2.59. The lowest BCUT2D eigenvalue weighted by molar-refractivity contribution is -0.146. The number of hydrogen-bond donors (Lipinski definition) is 6. The van der Waals surface area contributed by atoms with Gasteiger partial charge in [-0.1, -0.05) is 32.0 Å². The molecule has 5 rings (SSSR count). The van der Waals surface area contributed by atoms with Crippen molar-refractivity contribution in [3.63, 3.8) is 0 Å². The molecule has 13 nitrogen and oxygen atoms in total. The maximum Gasteiger partial charge on any atom is 0.305 e. The van der Waals surface area contributed by atoms with E-state index in [-0.39, 0.29) is 24.8 Å². The molecular formula is C31H40N6O7. The fraction of sp³-hybridized carbons (Fsp3) is 0.548. The van der Waals surface area contributed by atoms with Crippen molar-refractivity contribution in [2.45, 2.75) is 89.5 Å². The van der Waals surface area contributed by atoms with Crippen molar-refractivity contribution in [3.05, 3.63) is 35.5 Å². The van der Waals surface area contributed by atoms with Gasteiger partial charge in [-0.05, 0) is 56.1 Å². The van der Waals surface area contributed by atoms with Crippen LogP contribution < -0.4 is 21.3 Å². The Hall–Kier alpha value is -4.42. The first-order chi connectivity index (χ1) is 20.9. The molecule has 1 saturated carbocycles. The van der Waals surface area contributed by atoms with Gasteiger partial charge in [0.05, 0.1) is 6.42 Å². The molecule has 1 aliphatic carbocycles. The van der Waals surface area contributed by atoms with E-state index in [1.165, 1.54) is 4.90 Å². The van der Waals surface area contributed by atoms with Crippen LogP contribution in [0.4, 0.5) is 0 Å². The third-order valence-corrected chi connectivity index (χ3v) is 8.82. The van der Waals surface area contributed by atoms with Crippen LogP contribution in [0.2, 0.25) is 0 Å². The van der Waals surface area contributed by atoms with Gasteiger partial charge in [-0.2, -0.15) is 0 Å². The van der Waals surface area contributed by atoms with Gasteiger partial charge in [-0.25, -0.2) is 0 Å². The number of carboxylic acids is 1. The summed E-state index contributed by atoms with van der Waals surface area (Å²) in [5.41, 5.74) is 2.42. The summed E-state index contributed by atoms with van der Waals surface area (Å²) in [5.74, 6) is -4.85. The van der Waals surface area contributed by atoms with Gasteiger partial charge in [0, 0.05) is 29.6 Å². The number of benzene rings is 1. The third-order valence-electron chi connectivity index (χ3n) is 8.82. The van der Waals surface area contributed by atoms with Gasteiger partial charge >= 0.3 is 5.97 Å². The Balaban J connectivity index is 1.54. The van der Waals surface area contributed by atoms with Crippen molar-refractivity contribution in [2.75, 3.05) is 6.54 Å². The zero-order valence-corrected chi connectivity index (χ0v) is 25.1. The molecule has 5 amide bonds. The number of carboxylic acid groups (broad SMARTS) is 1. The summed E-state index contributed by atoms with van der Waals surface area (Å²) in [5, 5.41) is 21.5. The van der Waals surface area contributed by atoms with Crippen molar-refractivity contribution < 1.29 is 33.9 Å². The Bertz CT molecular complexity index is 1480. The second-order valence-electron chi connectivity index (χ2n) is 12.4. The molecular weight excluding hydrogens is 568 g/mol. The predicted molar refractivity (Wildman–Crippen MR) is 159 cm³/mol. The SMILES string of the molecule is Cc1[nH]c2ccccc2c1C[C@@H]1NC(=O)[C@@H](C2CC2)NC(=O)[C@H](C(C)C)NC(=O)[C@@H]2CCCN2C(=O)[C@@H](CC(=O)O)NC1=O. The van der Waals surface area contributed by atoms with Gasteiger partial charge < -0.3 is 36.3 Å². The molecule has 2 saturated heterocycles. The number of carbonyl (C=O) groups is 6. The number of aromatic amines is 1. The number of hydrogen-bond acceptors (Lipinski definition) is 6. The van der Waals surface area contributed by atoms with Crippen molar-refractivity contribution in [1.82, 2.24) is 31.2 Å². The highest BCUT2D eigenvalue weighted by molar-refractivity contribution is 5.99. The number of aryl methyl sites for hydroxylation is 1. The number of amides is 5. The summed E-state index contributed by atoms with van der Waals surface area (Å²) in [6, 6.07) is 2.02. The molecule has 3 aliphatic rings. The zero-order chi connectivity index (χ0) is 31.7. The maximum absolute atomic E-state index is 13.9. The molecule has 236 valence electrons. The Morgan fingerprint density at radius 3 is 2.30 bits per heavy atom. The van der Waals surface area contributed by atoms with E-state index in [0.29, 0.717) is 25.7 Å². The molecule has 44 heavy (non-hydrogen) atoms. The average Bonchev–Trinajstić information content (AvgIpc) is 3.60. The summed E-state index contributed by atoms with van der Waals surface area (Å²) >= 11 is 0. The molecule has 1 aromatic heterocycles. The second-order valence-corrected chi connectivity index (χ2v) is 12.4. The topological polar surface area (TPSA) is 190 Å². The molecule has 0 radical (unpaired) electrons. The molecule has 2 aliphatic heterocycles. The number of aliphatic carboxylic acids is 1. The third kappa shape index (κ3) is 6.56. The van der Waals surface area contributed by atoms with Crippen LogP contribution in [0.1, 0.15) is 57.2 Å². The number of para-hydroxylation sites is 1. The molecule has 1 aromatic carbocycles. The number of rotatable bonds is 6. The van der Waals surface area contributed by atoms with Crippen LogP contribution in [0.3, 0.4) is 0 Å². The first-order valence-electron chi connectivity index (χ1n) is 15.2. The van der Waals surface area contributed by atoms with Gasteiger partial charge in [0.1, 0.15) is 30.2 Å². The maximum atomic E-state index is 13.9. The second kappa shape index (κ2) is 12.7. The van der Waals surface area contributed by atoms with Crippen LogP contribution >= 0.6 is 0 Å². The van der Waals surface area contributed by atoms with Gasteiger partial charge in [0.2, 0.25) is 29.5 Å². The summed E-state index contributed by atoms with van der Waals surface area (Å²) in [4.78, 5) is 84.7. The first kappa shape index (κ1) is 31.0. The monoisotopic (exact) mass is 608 g/mol. The Morgan fingerprint density at radius 1 is 0.909 bits per heavy atom. The molecule has 6 N–H and O–H groups in total. The molecule has 13 heteroatoms. The van der Waals surface area contributed by atoms with Gasteiger partial charge in [0.25, 0.3) is 0 Å². The van der Waals surface area contributed by atoms with E-state index < -0.39 is 72.1 Å². The van der Waals surface area contributed by atoms with E-state index in [1.54, 1.807) is 13.8 Å². The summed E-state index contributed by atoms with van der Waals surface area (Å²) in [6.45, 7) is 5.59. The van der Waals surface area contributed by atoms with Crippen LogP contribution in [0.25, 0.3) is 10.9 Å². The van der Waals surface area contributed by atoms with E-state index in [4.69, 9.17) is 0 Å². The first-order valence-corrected chi connectivity index (χ1v) is 15.2. The zero-order valence-electron chi connectivity index (χ0n) is 25.1. The van der Waals surface area contributed by atoms with Crippen LogP contribution in [-0.4, -0.2) is 87.2 Å². The quantitative estimate of drug-likeness (QED) is 0.275. The van der Waals surface area contributed by atoms with Crippen LogP contribution in [0.15, 0.2) is 24.3 Å². The van der Waals surface area contributed by atoms with E-state index in [2.05, 4.69) is 26.3 Å². The van der Waals surface area contributed by atoms with Crippen molar-refractivity contribution in [2.24, 2.45) is 11.8 Å². The van der Waals surface area contributed by atoms with Crippen LogP contribution in [-0.2, 0) is 35.2 Å². The van der Waals surface area contributed by atoms with E-state index >= 15 is 0 Å². The molecule has 0 unspecified atom stereocenters. The highest BCUT2D eigenvalue weighted by Crippen LogP contribution is 2.33. The minimum Gasteiger partial charge on any atom is -0.481 e. The predicted octanol–water partition coefficient (Wildman–Crippen LogP) is 0.503. The normalized spacial score (nSPS) is 27.2. The minimum absolute atomic E-state index is 0.0493. The number of nitrogens with zero attached hydrogens (tertiary/aromatic N) is 1. The molecule has 2 aromatic rings. The largest absolute Gasteiger partial charge is 0.481 e. The van der Waals surface area contributed by atoms with Crippen molar-refractivity contribution in [3.8, 4) is 0 Å². The number of fused-ring (bicyclic) bond motifs is 2. The highest BCUT2D eigenvalue weighted by atomic mass is 16.4. The van der Waals surface area contributed by atoms with Crippen molar-refractivity contribution in [1.29, 1.82) is 0 Å². The van der Waals surface area contributed by atoms with Crippen LogP contribution in [0.5, 0.6) is 0 Å². The number of aromatic nitrogens is 1. The Kier molecular flexibility index (Phi) is 8.93. The Labute approximate surface area is 254 Å². The van der Waals surface area contributed by atoms with Crippen LogP contribution in [0, 0.1) is 18.8 Å². The number of carbonyl (C=O) groups excluding carboxylic acids is 5. The van der Waals surface area contributed by atoms with Gasteiger partial charge in [0.15, 0.2) is 0 Å². The summed E-state index contributed by atoms with van der Waals surface area (Å²) in [7, 11) is 0. The molecule has 0 bridgehead atoms. The summed E-state index contributed by atoms with van der Waals surface area (Å²) < 4.78 is 0. The smallest absolute Gasteiger partial charge is 0.305 e. The lowest BCUT2D eigenvalue weighted by atomic mass is 10.00. The van der Waals surface area contributed by atoms with E-state index in [9.17, 15) is 33.9 Å². The molecule has 5 atom stereocenters. The fourth-order valence-electron chi connectivity index (χ4n) is 6.28. The van der Waals surface area contributed by atoms with Gasteiger partial charge in [-0.3, -0.25) is 28.8 Å². The number of H-pyrrole nitrogens is 1. The van der Waals surface area contributed by atoms with E-state index in [1.807, 2.05) is 31.2 Å². The molecule has 0 spiro atoms. The average molecular weight is 609 g/mol. The number of nitrogens with one attached hydrogen (secondary N) is 5. The fourth-order valence-corrected chi connectivity index (χ4v) is 6.28. The van der Waals surface area contributed by atoms with Crippen molar-refractivity contribution >= 4 is 46.4 Å². The minimum atomic E-state index is -1.47. The summed E-state index contributed by atoms with van der Waals surface area (Å²) in [6.07, 6.45) is 1.59.